The Bertz CT molecular complexity index is 1610. The third-order valence-corrected chi connectivity index (χ3v) is 7.78. The largest absolute Gasteiger partial charge is 0.444 e. The molecule has 0 saturated carbocycles. The number of ether oxygens (including phenoxy) is 5. The number of aryl methyl sites for hydroxylation is 1. The summed E-state index contributed by atoms with van der Waals surface area (Å²) in [7, 11) is -3.95. The van der Waals surface area contributed by atoms with Crippen molar-refractivity contribution in [2.75, 3.05) is 70.7 Å². The van der Waals surface area contributed by atoms with Gasteiger partial charge in [-0.25, -0.2) is 13.2 Å². The van der Waals surface area contributed by atoms with Gasteiger partial charge < -0.3 is 39.3 Å². The van der Waals surface area contributed by atoms with Crippen LogP contribution in [0.5, 0.6) is 0 Å². The molecule has 0 unspecified atom stereocenters. The van der Waals surface area contributed by atoms with E-state index in [0.29, 0.717) is 80.5 Å². The van der Waals surface area contributed by atoms with Crippen LogP contribution in [0, 0.1) is 18.3 Å². The Labute approximate surface area is 275 Å². The van der Waals surface area contributed by atoms with Gasteiger partial charge in [-0.1, -0.05) is 6.07 Å². The third kappa shape index (κ3) is 12.5. The van der Waals surface area contributed by atoms with Crippen molar-refractivity contribution < 1.29 is 41.7 Å². The van der Waals surface area contributed by atoms with Crippen molar-refractivity contribution in [1.82, 2.24) is 15.6 Å². The topological polar surface area (TPSA) is 190 Å². The van der Waals surface area contributed by atoms with Gasteiger partial charge >= 0.3 is 6.09 Å². The molecule has 1 heterocycles. The molecule has 0 radical (unpaired) electrons. The Morgan fingerprint density at radius 3 is 1.94 bits per heavy atom. The molecule has 3 aromatic rings. The number of benzene rings is 2. The number of anilines is 1. The molecule has 0 spiro atoms. The maximum Gasteiger partial charge on any atom is 0.407 e. The van der Waals surface area contributed by atoms with Crippen molar-refractivity contribution in [2.45, 2.75) is 38.2 Å². The molecule has 2 amide bonds. The molecule has 0 fully saturated rings. The Balaban J connectivity index is 1.23. The summed E-state index contributed by atoms with van der Waals surface area (Å²) in [6, 6.07) is 11.1. The van der Waals surface area contributed by atoms with Crippen LogP contribution in [0.15, 0.2) is 47.5 Å². The van der Waals surface area contributed by atoms with Gasteiger partial charge in [-0.15, -0.1) is 0 Å². The first-order chi connectivity index (χ1) is 22.4. The van der Waals surface area contributed by atoms with Crippen LogP contribution in [0.3, 0.4) is 0 Å². The van der Waals surface area contributed by atoms with Gasteiger partial charge in [-0.05, 0) is 63.6 Å². The number of hydrogen-bond acceptors (Lipinski definition) is 10. The van der Waals surface area contributed by atoms with Gasteiger partial charge in [0, 0.05) is 30.2 Å². The molecule has 47 heavy (non-hydrogen) atoms. The fourth-order valence-electron chi connectivity index (χ4n) is 4.22. The van der Waals surface area contributed by atoms with Crippen molar-refractivity contribution >= 4 is 38.6 Å². The molecule has 3 rings (SSSR count). The van der Waals surface area contributed by atoms with Crippen LogP contribution in [0.1, 0.15) is 42.3 Å². The highest BCUT2D eigenvalue weighted by Crippen LogP contribution is 2.30. The van der Waals surface area contributed by atoms with Gasteiger partial charge in [-0.3, -0.25) is 9.52 Å². The number of nitriles is 1. The highest BCUT2D eigenvalue weighted by molar-refractivity contribution is 7.92. The number of nitrogens with zero attached hydrogens (tertiary/aromatic N) is 1. The fraction of sp³-hybridized carbons (Fsp3) is 0.469. The monoisotopic (exact) mass is 673 g/mol. The molecule has 0 aliphatic carbocycles. The molecule has 15 heteroatoms. The second-order valence-electron chi connectivity index (χ2n) is 11.3. The number of nitrogens with one attached hydrogen (secondary N) is 4. The van der Waals surface area contributed by atoms with Crippen LogP contribution in [0.2, 0.25) is 0 Å². The van der Waals surface area contributed by atoms with Gasteiger partial charge in [0.1, 0.15) is 11.7 Å². The van der Waals surface area contributed by atoms with E-state index in [4.69, 9.17) is 23.7 Å². The summed E-state index contributed by atoms with van der Waals surface area (Å²) in [5.74, 6) is -0.363. The zero-order valence-corrected chi connectivity index (χ0v) is 28.0. The van der Waals surface area contributed by atoms with Crippen molar-refractivity contribution in [1.29, 1.82) is 5.26 Å². The van der Waals surface area contributed by atoms with Gasteiger partial charge in [-0.2, -0.15) is 5.26 Å². The molecular formula is C32H43N5O9S. The maximum absolute atomic E-state index is 13.0. The predicted octanol–water partition coefficient (Wildman–Crippen LogP) is 3.47. The van der Waals surface area contributed by atoms with E-state index in [-0.39, 0.29) is 24.0 Å². The van der Waals surface area contributed by atoms with Crippen LogP contribution in [-0.4, -0.2) is 96.9 Å². The van der Waals surface area contributed by atoms with Crippen LogP contribution in [0.25, 0.3) is 10.9 Å². The minimum absolute atomic E-state index is 0.0124. The Morgan fingerprint density at radius 2 is 1.38 bits per heavy atom. The standard InChI is InChI=1S/C32H43N5O9S/c1-23-5-10-27(29-28(23)25(21-33)22-36-29)37-47(40,41)26-8-6-24(7-9-26)30(38)34-11-13-42-15-17-44-19-20-45-18-16-43-14-12-35-31(39)46-32(2,3)4/h5-10,22,36-37H,11-20H2,1-4H3,(H,34,38)(H,35,39). The van der Waals surface area contributed by atoms with Crippen LogP contribution in [0.4, 0.5) is 10.5 Å². The second kappa shape index (κ2) is 18.2. The lowest BCUT2D eigenvalue weighted by Crippen LogP contribution is -2.34. The van der Waals surface area contributed by atoms with Crippen molar-refractivity contribution in [3.8, 4) is 6.07 Å². The van der Waals surface area contributed by atoms with Crippen molar-refractivity contribution in [3.63, 3.8) is 0 Å². The lowest BCUT2D eigenvalue weighted by atomic mass is 10.1. The number of aromatic amines is 1. The average molecular weight is 674 g/mol. The zero-order valence-electron chi connectivity index (χ0n) is 27.1. The van der Waals surface area contributed by atoms with Crippen molar-refractivity contribution in [2.24, 2.45) is 0 Å². The van der Waals surface area contributed by atoms with E-state index in [2.05, 4.69) is 26.4 Å². The van der Waals surface area contributed by atoms with E-state index in [1.54, 1.807) is 39.1 Å². The quantitative estimate of drug-likeness (QED) is 0.137. The number of amides is 2. The van der Waals surface area contributed by atoms with Crippen LogP contribution in [-0.2, 0) is 33.7 Å². The minimum Gasteiger partial charge on any atom is -0.444 e. The smallest absolute Gasteiger partial charge is 0.407 e. The molecule has 0 aliphatic heterocycles. The number of fused-ring (bicyclic) bond motifs is 1. The first-order valence-electron chi connectivity index (χ1n) is 15.1. The summed E-state index contributed by atoms with van der Waals surface area (Å²) in [5, 5.41) is 15.3. The fourth-order valence-corrected chi connectivity index (χ4v) is 5.29. The summed E-state index contributed by atoms with van der Waals surface area (Å²) in [5.41, 5.74) is 1.87. The summed E-state index contributed by atoms with van der Waals surface area (Å²) in [6.07, 6.45) is 1.06. The maximum atomic E-state index is 13.0. The number of rotatable bonds is 19. The van der Waals surface area contributed by atoms with Gasteiger partial charge in [0.2, 0.25) is 0 Å². The summed E-state index contributed by atoms with van der Waals surface area (Å²) in [4.78, 5) is 26.9. The molecule has 0 saturated heterocycles. The molecule has 0 atom stereocenters. The van der Waals surface area contributed by atoms with E-state index in [1.807, 2.05) is 6.92 Å². The number of alkyl carbamates (subject to hydrolysis) is 1. The van der Waals surface area contributed by atoms with Gasteiger partial charge in [0.05, 0.1) is 74.5 Å². The zero-order chi connectivity index (χ0) is 34.3. The number of H-pyrrole nitrogens is 1. The normalized spacial score (nSPS) is 11.6. The van der Waals surface area contributed by atoms with E-state index in [9.17, 15) is 23.3 Å². The predicted molar refractivity (Wildman–Crippen MR) is 175 cm³/mol. The SMILES string of the molecule is Cc1ccc(NS(=O)(=O)c2ccc(C(=O)NCCOCCOCCOCCOCCNC(=O)OC(C)(C)C)cc2)c2[nH]cc(C#N)c12. The number of carbonyl (C=O) groups is 2. The molecule has 1 aromatic heterocycles. The van der Waals surface area contributed by atoms with E-state index >= 15 is 0 Å². The molecule has 14 nitrogen and oxygen atoms in total. The Morgan fingerprint density at radius 1 is 0.830 bits per heavy atom. The summed E-state index contributed by atoms with van der Waals surface area (Å²) in [6.45, 7) is 10.8. The van der Waals surface area contributed by atoms with E-state index in [1.165, 1.54) is 24.3 Å². The summed E-state index contributed by atoms with van der Waals surface area (Å²) >= 11 is 0. The lowest BCUT2D eigenvalue weighted by Gasteiger charge is -2.19. The van der Waals surface area contributed by atoms with E-state index < -0.39 is 21.7 Å². The first kappa shape index (κ1) is 37.3. The molecule has 4 N–H and O–H groups in total. The molecule has 0 aliphatic rings. The molecule has 0 bridgehead atoms. The van der Waals surface area contributed by atoms with Crippen LogP contribution < -0.4 is 15.4 Å². The Hall–Kier alpha value is -4.20. The van der Waals surface area contributed by atoms with E-state index in [0.717, 1.165) is 5.56 Å². The van der Waals surface area contributed by atoms with Gasteiger partial charge in [0.25, 0.3) is 15.9 Å². The lowest BCUT2D eigenvalue weighted by molar-refractivity contribution is -0.00142. The molecule has 256 valence electrons. The number of aromatic nitrogens is 1. The number of hydrogen-bond donors (Lipinski definition) is 4. The molecular weight excluding hydrogens is 630 g/mol. The second-order valence-corrected chi connectivity index (χ2v) is 12.9. The van der Waals surface area contributed by atoms with Crippen molar-refractivity contribution in [3.05, 3.63) is 59.3 Å². The van der Waals surface area contributed by atoms with Gasteiger partial charge in [0.15, 0.2) is 0 Å². The average Bonchev–Trinajstić information content (AvgIpc) is 3.47. The summed E-state index contributed by atoms with van der Waals surface area (Å²) < 4.78 is 55.4. The Kier molecular flexibility index (Phi) is 14.4. The van der Waals surface area contributed by atoms with Crippen LogP contribution >= 0.6 is 0 Å². The third-order valence-electron chi connectivity index (χ3n) is 6.40. The first-order valence-corrected chi connectivity index (χ1v) is 16.6. The minimum atomic E-state index is -3.95. The number of carbonyl (C=O) groups excluding carboxylic acids is 2. The highest BCUT2D eigenvalue weighted by atomic mass is 32.2. The highest BCUT2D eigenvalue weighted by Gasteiger charge is 2.19. The molecule has 2 aromatic carbocycles. The number of sulfonamides is 1.